The molecule has 0 radical (unpaired) electrons. The van der Waals surface area contributed by atoms with Crippen LogP contribution in [-0.4, -0.2) is 33.2 Å². The molecule has 3 rings (SSSR count). The average molecular weight is 408 g/mol. The predicted octanol–water partition coefficient (Wildman–Crippen LogP) is 3.60. The van der Waals surface area contributed by atoms with Crippen LogP contribution in [0.25, 0.3) is 0 Å². The Kier molecular flexibility index (Phi) is 5.67. The molecule has 1 saturated carbocycles. The molecule has 1 heterocycles. The predicted molar refractivity (Wildman–Crippen MR) is 105 cm³/mol. The molecule has 1 aromatic carbocycles. The Balaban J connectivity index is 1.78. The van der Waals surface area contributed by atoms with E-state index in [1.165, 1.54) is 17.6 Å². The molecule has 0 bridgehead atoms. The first kappa shape index (κ1) is 19.6. The summed E-state index contributed by atoms with van der Waals surface area (Å²) in [6, 6.07) is 6.39. The fourth-order valence-electron chi connectivity index (χ4n) is 2.80. The number of rotatable bonds is 7. The molecule has 27 heavy (non-hydrogen) atoms. The van der Waals surface area contributed by atoms with Crippen LogP contribution in [0.15, 0.2) is 29.6 Å². The Morgan fingerprint density at radius 3 is 2.44 bits per heavy atom. The summed E-state index contributed by atoms with van der Waals surface area (Å²) >= 11 is 1.32. The number of thiophene rings is 1. The molecule has 0 saturated heterocycles. The molecular weight excluding hydrogens is 386 g/mol. The summed E-state index contributed by atoms with van der Waals surface area (Å²) in [5.74, 6) is -0.478. The van der Waals surface area contributed by atoms with Crippen molar-refractivity contribution in [2.45, 2.75) is 31.4 Å². The van der Waals surface area contributed by atoms with E-state index in [2.05, 4.69) is 5.32 Å². The first-order chi connectivity index (χ1) is 12.8. The normalized spacial score (nSPS) is 14.0. The number of benzene rings is 1. The molecule has 0 unspecified atom stereocenters. The maximum absolute atomic E-state index is 12.6. The highest BCUT2D eigenvalue weighted by molar-refractivity contribution is 7.89. The lowest BCUT2D eigenvalue weighted by molar-refractivity contribution is 0.0527. The molecule has 1 aromatic heterocycles. The highest BCUT2D eigenvalue weighted by atomic mass is 32.2. The maximum Gasteiger partial charge on any atom is 0.341 e. The van der Waals surface area contributed by atoms with Crippen LogP contribution in [0.4, 0.5) is 5.00 Å². The number of ether oxygens (including phenoxy) is 1. The molecule has 0 aliphatic heterocycles. The van der Waals surface area contributed by atoms with Crippen LogP contribution in [0.3, 0.4) is 0 Å². The molecule has 144 valence electrons. The van der Waals surface area contributed by atoms with Crippen molar-refractivity contribution in [3.63, 3.8) is 0 Å². The molecule has 0 atom stereocenters. The third kappa shape index (κ3) is 4.95. The number of esters is 1. The Labute approximate surface area is 162 Å². The van der Waals surface area contributed by atoms with Gasteiger partial charge in [0, 0.05) is 11.8 Å². The van der Waals surface area contributed by atoms with E-state index in [-0.39, 0.29) is 18.3 Å². The number of hydrogen-bond acceptors (Lipinski definition) is 6. The fraction of sp³-hybridized carbons (Fsp3) is 0.368. The van der Waals surface area contributed by atoms with Gasteiger partial charge in [-0.15, -0.1) is 11.3 Å². The van der Waals surface area contributed by atoms with Crippen LogP contribution in [0.1, 0.15) is 57.5 Å². The van der Waals surface area contributed by atoms with Gasteiger partial charge < -0.3 is 10.1 Å². The summed E-state index contributed by atoms with van der Waals surface area (Å²) in [6.45, 7) is 2.02. The molecular formula is C19H21NO5S2. The van der Waals surface area contributed by atoms with Gasteiger partial charge in [-0.3, -0.25) is 4.79 Å². The van der Waals surface area contributed by atoms with E-state index >= 15 is 0 Å². The van der Waals surface area contributed by atoms with Crippen molar-refractivity contribution in [1.82, 2.24) is 0 Å². The lowest BCUT2D eigenvalue weighted by atomic mass is 10.1. The first-order valence-electron chi connectivity index (χ1n) is 8.65. The van der Waals surface area contributed by atoms with E-state index in [0.29, 0.717) is 27.6 Å². The fourth-order valence-corrected chi connectivity index (χ4v) is 4.63. The SMILES string of the molecule is CCOC(=O)c1c(C2CC2)csc1NC(=O)c1ccc(CS(C)(=O)=O)cc1. The van der Waals surface area contributed by atoms with Gasteiger partial charge >= 0.3 is 5.97 Å². The van der Waals surface area contributed by atoms with Crippen molar-refractivity contribution < 1.29 is 22.7 Å². The molecule has 2 aromatic rings. The van der Waals surface area contributed by atoms with Gasteiger partial charge in [-0.1, -0.05) is 12.1 Å². The minimum atomic E-state index is -3.13. The van der Waals surface area contributed by atoms with Gasteiger partial charge in [0.25, 0.3) is 5.91 Å². The minimum absolute atomic E-state index is 0.0718. The second-order valence-corrected chi connectivity index (χ2v) is 9.63. The molecule has 0 spiro atoms. The average Bonchev–Trinajstić information content (AvgIpc) is 3.35. The number of carbonyl (C=O) groups excluding carboxylic acids is 2. The highest BCUT2D eigenvalue weighted by Gasteiger charge is 2.32. The molecule has 1 N–H and O–H groups in total. The second-order valence-electron chi connectivity index (χ2n) is 6.61. The largest absolute Gasteiger partial charge is 0.462 e. The summed E-state index contributed by atoms with van der Waals surface area (Å²) in [4.78, 5) is 24.9. The summed E-state index contributed by atoms with van der Waals surface area (Å²) in [5, 5.41) is 5.20. The van der Waals surface area contributed by atoms with Crippen molar-refractivity contribution in [3.8, 4) is 0 Å². The molecule has 6 nitrogen and oxygen atoms in total. The number of hydrogen-bond donors (Lipinski definition) is 1. The Hall–Kier alpha value is -2.19. The number of nitrogens with one attached hydrogen (secondary N) is 1. The number of sulfone groups is 1. The summed E-state index contributed by atoms with van der Waals surface area (Å²) in [7, 11) is -3.13. The van der Waals surface area contributed by atoms with Crippen molar-refractivity contribution in [2.75, 3.05) is 18.2 Å². The quantitative estimate of drug-likeness (QED) is 0.709. The molecule has 1 aliphatic carbocycles. The highest BCUT2D eigenvalue weighted by Crippen LogP contribution is 2.46. The summed E-state index contributed by atoms with van der Waals surface area (Å²) in [6.07, 6.45) is 3.25. The zero-order valence-corrected chi connectivity index (χ0v) is 16.8. The Morgan fingerprint density at radius 2 is 1.89 bits per heavy atom. The van der Waals surface area contributed by atoms with E-state index in [1.807, 2.05) is 5.38 Å². The van der Waals surface area contributed by atoms with Gasteiger partial charge in [0.1, 0.15) is 5.00 Å². The van der Waals surface area contributed by atoms with Gasteiger partial charge in [-0.25, -0.2) is 13.2 Å². The van der Waals surface area contributed by atoms with Gasteiger partial charge in [-0.2, -0.15) is 0 Å². The van der Waals surface area contributed by atoms with Gasteiger partial charge in [0.2, 0.25) is 0 Å². The summed E-state index contributed by atoms with van der Waals surface area (Å²) in [5.41, 5.74) is 2.40. The molecule has 1 aliphatic rings. The van der Waals surface area contributed by atoms with Crippen LogP contribution in [0, 0.1) is 0 Å². The van der Waals surface area contributed by atoms with E-state index < -0.39 is 15.8 Å². The molecule has 1 fully saturated rings. The van der Waals surface area contributed by atoms with Gasteiger partial charge in [0.05, 0.1) is 17.9 Å². The number of carbonyl (C=O) groups is 2. The third-order valence-corrected chi connectivity index (χ3v) is 5.96. The van der Waals surface area contributed by atoms with Crippen molar-refractivity contribution in [1.29, 1.82) is 0 Å². The Bertz CT molecular complexity index is 956. The van der Waals surface area contributed by atoms with Crippen LogP contribution in [-0.2, 0) is 20.3 Å². The van der Waals surface area contributed by atoms with Crippen LogP contribution in [0.5, 0.6) is 0 Å². The van der Waals surface area contributed by atoms with E-state index in [0.717, 1.165) is 18.4 Å². The smallest absolute Gasteiger partial charge is 0.341 e. The second kappa shape index (κ2) is 7.82. The zero-order valence-electron chi connectivity index (χ0n) is 15.2. The third-order valence-electron chi connectivity index (χ3n) is 4.19. The lowest BCUT2D eigenvalue weighted by Crippen LogP contribution is -2.15. The lowest BCUT2D eigenvalue weighted by Gasteiger charge is -2.09. The van der Waals surface area contributed by atoms with E-state index in [1.54, 1.807) is 31.2 Å². The van der Waals surface area contributed by atoms with E-state index in [4.69, 9.17) is 4.74 Å². The number of amides is 1. The maximum atomic E-state index is 12.6. The van der Waals surface area contributed by atoms with Crippen LogP contribution >= 0.6 is 11.3 Å². The van der Waals surface area contributed by atoms with Crippen LogP contribution < -0.4 is 5.32 Å². The molecule has 1 amide bonds. The van der Waals surface area contributed by atoms with Crippen molar-refractivity contribution >= 4 is 38.1 Å². The monoisotopic (exact) mass is 407 g/mol. The van der Waals surface area contributed by atoms with E-state index in [9.17, 15) is 18.0 Å². The van der Waals surface area contributed by atoms with Crippen LogP contribution in [0.2, 0.25) is 0 Å². The summed E-state index contributed by atoms with van der Waals surface area (Å²) < 4.78 is 27.9. The topological polar surface area (TPSA) is 89.5 Å². The number of anilines is 1. The first-order valence-corrected chi connectivity index (χ1v) is 11.6. The van der Waals surface area contributed by atoms with Gasteiger partial charge in [-0.05, 0) is 54.3 Å². The van der Waals surface area contributed by atoms with Crippen molar-refractivity contribution in [2.24, 2.45) is 0 Å². The van der Waals surface area contributed by atoms with Gasteiger partial charge in [0.15, 0.2) is 9.84 Å². The minimum Gasteiger partial charge on any atom is -0.462 e. The zero-order chi connectivity index (χ0) is 19.6. The molecule has 8 heteroatoms. The Morgan fingerprint density at radius 1 is 1.22 bits per heavy atom. The van der Waals surface area contributed by atoms with Crippen molar-refractivity contribution in [3.05, 3.63) is 51.9 Å². The standard InChI is InChI=1S/C19H21NO5S2/c1-3-25-19(22)16-15(13-8-9-13)10-26-18(16)20-17(21)14-6-4-12(5-7-14)11-27(2,23)24/h4-7,10,13H,3,8-9,11H2,1-2H3,(H,20,21).